The number of anilines is 1. The molecule has 1 aromatic heterocycles. The zero-order valence-electron chi connectivity index (χ0n) is 13.8. The van der Waals surface area contributed by atoms with Crippen molar-refractivity contribution in [3.8, 4) is 11.1 Å². The molecule has 1 amide bonds. The summed E-state index contributed by atoms with van der Waals surface area (Å²) in [5.41, 5.74) is 3.92. The molecule has 27 heavy (non-hydrogen) atoms. The number of ether oxygens (including phenoxy) is 1. The number of amides is 1. The fraction of sp³-hybridized carbons (Fsp3) is 0.105. The summed E-state index contributed by atoms with van der Waals surface area (Å²) in [6, 6.07) is 15.9. The summed E-state index contributed by atoms with van der Waals surface area (Å²) >= 11 is 5.82. The fourth-order valence-corrected chi connectivity index (χ4v) is 3.41. The molecule has 0 saturated heterocycles. The number of carbonyl (C=O) groups excluding carboxylic acids is 1. The summed E-state index contributed by atoms with van der Waals surface area (Å²) in [6.45, 7) is 0.109. The highest BCUT2D eigenvalue weighted by Gasteiger charge is 2.29. The lowest BCUT2D eigenvalue weighted by atomic mass is 9.98. The van der Waals surface area contributed by atoms with Gasteiger partial charge in [0.1, 0.15) is 11.6 Å². The lowest BCUT2D eigenvalue weighted by Crippen LogP contribution is -2.17. The first-order chi connectivity index (χ1) is 13.1. The first-order valence-corrected chi connectivity index (χ1v) is 8.44. The average molecular weight is 385 g/mol. The number of fused-ring (bicyclic) bond motifs is 3. The first kappa shape index (κ1) is 17.1. The molecular formula is C19H13ClN2O5. The predicted octanol–water partition coefficient (Wildman–Crippen LogP) is 4.39. The summed E-state index contributed by atoms with van der Waals surface area (Å²) in [5, 5.41) is 14.2. The molecule has 0 aliphatic heterocycles. The van der Waals surface area contributed by atoms with E-state index in [1.807, 2.05) is 48.5 Å². The molecule has 3 aromatic rings. The third-order valence-corrected chi connectivity index (χ3v) is 4.75. The van der Waals surface area contributed by atoms with Crippen molar-refractivity contribution in [2.75, 3.05) is 11.9 Å². The Balaban J connectivity index is 1.49. The second-order valence-electron chi connectivity index (χ2n) is 5.93. The van der Waals surface area contributed by atoms with Gasteiger partial charge in [-0.3, -0.25) is 5.32 Å². The summed E-state index contributed by atoms with van der Waals surface area (Å²) in [7, 11) is 0. The lowest BCUT2D eigenvalue weighted by molar-refractivity contribution is 0.0686. The van der Waals surface area contributed by atoms with Crippen LogP contribution in [-0.2, 0) is 4.74 Å². The van der Waals surface area contributed by atoms with Crippen molar-refractivity contribution in [3.05, 3.63) is 70.4 Å². The third kappa shape index (κ3) is 3.02. The van der Waals surface area contributed by atoms with Crippen LogP contribution in [0.2, 0.25) is 5.02 Å². The predicted molar refractivity (Wildman–Crippen MR) is 97.2 cm³/mol. The average Bonchev–Trinajstić information content (AvgIpc) is 3.18. The number of hydrogen-bond acceptors (Lipinski definition) is 5. The first-order valence-electron chi connectivity index (χ1n) is 8.06. The third-order valence-electron chi connectivity index (χ3n) is 4.40. The SMILES string of the molecule is O=C(Nc1onc(C(=O)O)c1Cl)OCC1c2ccccc2-c2ccccc21. The van der Waals surface area contributed by atoms with Gasteiger partial charge in [-0.05, 0) is 22.3 Å². The molecule has 0 bridgehead atoms. The number of benzene rings is 2. The second-order valence-corrected chi connectivity index (χ2v) is 6.31. The molecule has 7 nitrogen and oxygen atoms in total. The number of nitrogens with zero attached hydrogens (tertiary/aromatic N) is 1. The summed E-state index contributed by atoms with van der Waals surface area (Å²) in [5.74, 6) is -1.72. The van der Waals surface area contributed by atoms with Crippen LogP contribution in [0.25, 0.3) is 11.1 Å². The van der Waals surface area contributed by atoms with Crippen LogP contribution in [-0.4, -0.2) is 28.9 Å². The van der Waals surface area contributed by atoms with E-state index < -0.39 is 17.8 Å². The van der Waals surface area contributed by atoms with E-state index in [9.17, 15) is 9.59 Å². The zero-order chi connectivity index (χ0) is 19.0. The van der Waals surface area contributed by atoms with Gasteiger partial charge in [-0.25, -0.2) is 9.59 Å². The monoisotopic (exact) mass is 384 g/mol. The van der Waals surface area contributed by atoms with E-state index in [0.29, 0.717) is 0 Å². The van der Waals surface area contributed by atoms with E-state index in [1.54, 1.807) is 0 Å². The molecule has 1 heterocycles. The van der Waals surface area contributed by atoms with Crippen LogP contribution in [0, 0.1) is 0 Å². The van der Waals surface area contributed by atoms with Gasteiger partial charge in [-0.15, -0.1) is 0 Å². The summed E-state index contributed by atoms with van der Waals surface area (Å²) in [4.78, 5) is 23.0. The largest absolute Gasteiger partial charge is 0.476 e. The molecule has 2 N–H and O–H groups in total. The van der Waals surface area contributed by atoms with Crippen LogP contribution in [0.5, 0.6) is 0 Å². The van der Waals surface area contributed by atoms with Crippen LogP contribution in [0.3, 0.4) is 0 Å². The van der Waals surface area contributed by atoms with Gasteiger partial charge in [0.05, 0.1) is 0 Å². The van der Waals surface area contributed by atoms with Gasteiger partial charge in [0.25, 0.3) is 5.88 Å². The number of carbonyl (C=O) groups is 2. The molecule has 1 aliphatic carbocycles. The highest BCUT2D eigenvalue weighted by molar-refractivity contribution is 6.35. The van der Waals surface area contributed by atoms with E-state index in [4.69, 9.17) is 26.0 Å². The Hall–Kier alpha value is -3.32. The Labute approximate surface area is 158 Å². The van der Waals surface area contributed by atoms with Gasteiger partial charge in [0, 0.05) is 5.92 Å². The number of carboxylic acid groups (broad SMARTS) is 1. The minimum absolute atomic E-state index is 0.0945. The zero-order valence-corrected chi connectivity index (χ0v) is 14.6. The molecule has 136 valence electrons. The van der Waals surface area contributed by atoms with Crippen LogP contribution >= 0.6 is 11.6 Å². The van der Waals surface area contributed by atoms with Crippen molar-refractivity contribution in [2.24, 2.45) is 0 Å². The van der Waals surface area contributed by atoms with Crippen molar-refractivity contribution in [1.29, 1.82) is 0 Å². The molecule has 8 heteroatoms. The molecule has 4 rings (SSSR count). The number of aromatic nitrogens is 1. The van der Waals surface area contributed by atoms with Gasteiger partial charge in [-0.2, -0.15) is 0 Å². The van der Waals surface area contributed by atoms with Crippen molar-refractivity contribution in [2.45, 2.75) is 5.92 Å². The normalized spacial score (nSPS) is 12.3. The Kier molecular flexibility index (Phi) is 4.29. The Morgan fingerprint density at radius 2 is 1.70 bits per heavy atom. The summed E-state index contributed by atoms with van der Waals surface area (Å²) in [6.07, 6.45) is -0.813. The molecular weight excluding hydrogens is 372 g/mol. The van der Waals surface area contributed by atoms with Crippen LogP contribution in [0.15, 0.2) is 53.1 Å². The molecule has 0 fully saturated rings. The van der Waals surface area contributed by atoms with E-state index in [-0.39, 0.29) is 23.4 Å². The standard InChI is InChI=1S/C19H13ClN2O5/c20-15-16(18(23)24)22-27-17(15)21-19(25)26-9-14-12-7-3-1-5-10(12)11-6-2-4-8-13(11)14/h1-8,14H,9H2,(H,21,25)(H,23,24). The van der Waals surface area contributed by atoms with Gasteiger partial charge < -0.3 is 14.4 Å². The smallest absolute Gasteiger partial charge is 0.414 e. The lowest BCUT2D eigenvalue weighted by Gasteiger charge is -2.14. The van der Waals surface area contributed by atoms with Gasteiger partial charge >= 0.3 is 12.1 Å². The fourth-order valence-electron chi connectivity index (χ4n) is 3.22. The maximum atomic E-state index is 12.1. The minimum atomic E-state index is -1.36. The van der Waals surface area contributed by atoms with E-state index >= 15 is 0 Å². The molecule has 0 saturated carbocycles. The molecule has 0 radical (unpaired) electrons. The van der Waals surface area contributed by atoms with E-state index in [2.05, 4.69) is 10.5 Å². The van der Waals surface area contributed by atoms with Crippen molar-refractivity contribution in [3.63, 3.8) is 0 Å². The van der Waals surface area contributed by atoms with Crippen molar-refractivity contribution in [1.82, 2.24) is 5.16 Å². The minimum Gasteiger partial charge on any atom is -0.476 e. The number of aromatic carboxylic acids is 1. The van der Waals surface area contributed by atoms with Gasteiger partial charge in [-0.1, -0.05) is 65.3 Å². The maximum Gasteiger partial charge on any atom is 0.414 e. The molecule has 1 aliphatic rings. The van der Waals surface area contributed by atoms with Gasteiger partial charge in [0.2, 0.25) is 5.69 Å². The number of halogens is 1. The Morgan fingerprint density at radius 1 is 1.11 bits per heavy atom. The molecule has 0 atom stereocenters. The van der Waals surface area contributed by atoms with E-state index in [1.165, 1.54) is 0 Å². The van der Waals surface area contributed by atoms with E-state index in [0.717, 1.165) is 22.3 Å². The molecule has 2 aromatic carbocycles. The Bertz CT molecular complexity index is 1000. The van der Waals surface area contributed by atoms with Crippen LogP contribution in [0.4, 0.5) is 10.7 Å². The van der Waals surface area contributed by atoms with Crippen molar-refractivity contribution < 1.29 is 24.0 Å². The number of nitrogens with one attached hydrogen (secondary N) is 1. The molecule has 0 spiro atoms. The summed E-state index contributed by atoms with van der Waals surface area (Å²) < 4.78 is 10.1. The topological polar surface area (TPSA) is 102 Å². The number of hydrogen-bond donors (Lipinski definition) is 2. The maximum absolute atomic E-state index is 12.1. The Morgan fingerprint density at radius 3 is 2.26 bits per heavy atom. The van der Waals surface area contributed by atoms with Crippen molar-refractivity contribution >= 4 is 29.5 Å². The quantitative estimate of drug-likeness (QED) is 0.691. The van der Waals surface area contributed by atoms with Crippen LogP contribution < -0.4 is 5.32 Å². The number of rotatable bonds is 4. The highest BCUT2D eigenvalue weighted by Crippen LogP contribution is 2.44. The molecule has 0 unspecified atom stereocenters. The number of carboxylic acids is 1. The second kappa shape index (κ2) is 6.77. The van der Waals surface area contributed by atoms with Crippen LogP contribution in [0.1, 0.15) is 27.5 Å². The highest BCUT2D eigenvalue weighted by atomic mass is 35.5. The van der Waals surface area contributed by atoms with Gasteiger partial charge in [0.15, 0.2) is 0 Å².